The number of halogens is 1. The van der Waals surface area contributed by atoms with Gasteiger partial charge in [-0.1, -0.05) is 11.6 Å². The first-order chi connectivity index (χ1) is 9.28. The zero-order chi connectivity index (χ0) is 13.2. The minimum absolute atomic E-state index is 0.497. The van der Waals surface area contributed by atoms with Crippen LogP contribution in [0.1, 0.15) is 24.2 Å². The van der Waals surface area contributed by atoms with E-state index >= 15 is 0 Å². The van der Waals surface area contributed by atoms with Gasteiger partial charge in [0, 0.05) is 23.3 Å². The molecule has 1 aliphatic rings. The number of nitrogens with two attached hydrogens (primary N) is 1. The number of anilines is 1. The van der Waals surface area contributed by atoms with Gasteiger partial charge in [0.25, 0.3) is 0 Å². The molecule has 0 aliphatic heterocycles. The summed E-state index contributed by atoms with van der Waals surface area (Å²) < 4.78 is 5.46. The summed E-state index contributed by atoms with van der Waals surface area (Å²) in [7, 11) is 0. The van der Waals surface area contributed by atoms with Crippen LogP contribution in [-0.4, -0.2) is 6.04 Å². The average Bonchev–Trinajstić information content (AvgIpc) is 3.13. The molecule has 4 heteroatoms. The van der Waals surface area contributed by atoms with Gasteiger partial charge in [0.1, 0.15) is 5.76 Å². The van der Waals surface area contributed by atoms with Crippen LogP contribution in [0, 0.1) is 0 Å². The molecule has 1 aromatic heterocycles. The van der Waals surface area contributed by atoms with E-state index in [2.05, 4.69) is 11.0 Å². The van der Waals surface area contributed by atoms with Crippen molar-refractivity contribution in [2.24, 2.45) is 5.73 Å². The Morgan fingerprint density at radius 3 is 2.79 bits per heavy atom. The van der Waals surface area contributed by atoms with Crippen LogP contribution in [0.3, 0.4) is 0 Å². The van der Waals surface area contributed by atoms with E-state index in [1.165, 1.54) is 18.5 Å². The maximum atomic E-state index is 6.05. The Balaban J connectivity index is 1.91. The van der Waals surface area contributed by atoms with Gasteiger partial charge in [0.15, 0.2) is 0 Å². The van der Waals surface area contributed by atoms with E-state index in [0.29, 0.717) is 12.6 Å². The van der Waals surface area contributed by atoms with E-state index in [0.717, 1.165) is 22.9 Å². The maximum absolute atomic E-state index is 6.05. The molecule has 19 heavy (non-hydrogen) atoms. The molecule has 3 rings (SSSR count). The quantitative estimate of drug-likeness (QED) is 0.908. The first kappa shape index (κ1) is 12.6. The summed E-state index contributed by atoms with van der Waals surface area (Å²) in [6, 6.07) is 10.5. The Morgan fingerprint density at radius 2 is 2.16 bits per heavy atom. The molecule has 1 fully saturated rings. The molecule has 0 saturated heterocycles. The van der Waals surface area contributed by atoms with Crippen molar-refractivity contribution >= 4 is 17.3 Å². The minimum Gasteiger partial charge on any atom is -0.467 e. The Morgan fingerprint density at radius 1 is 1.32 bits per heavy atom. The highest BCUT2D eigenvalue weighted by Gasteiger charge is 2.30. The molecular formula is C15H17ClN2O. The zero-order valence-corrected chi connectivity index (χ0v) is 11.4. The van der Waals surface area contributed by atoms with Crippen molar-refractivity contribution in [3.8, 4) is 0 Å². The van der Waals surface area contributed by atoms with Gasteiger partial charge in [0.2, 0.25) is 0 Å². The number of benzene rings is 1. The molecule has 100 valence electrons. The lowest BCUT2D eigenvalue weighted by Crippen LogP contribution is -2.26. The van der Waals surface area contributed by atoms with Crippen LogP contribution in [-0.2, 0) is 13.1 Å². The summed E-state index contributed by atoms with van der Waals surface area (Å²) in [5.41, 5.74) is 8.10. The molecule has 0 amide bonds. The first-order valence-electron chi connectivity index (χ1n) is 6.55. The number of rotatable bonds is 5. The van der Waals surface area contributed by atoms with Gasteiger partial charge < -0.3 is 15.1 Å². The molecule has 1 heterocycles. The van der Waals surface area contributed by atoms with Crippen molar-refractivity contribution in [3.63, 3.8) is 0 Å². The van der Waals surface area contributed by atoms with E-state index < -0.39 is 0 Å². The maximum Gasteiger partial charge on any atom is 0.123 e. The smallest absolute Gasteiger partial charge is 0.123 e. The molecule has 0 unspecified atom stereocenters. The minimum atomic E-state index is 0.497. The lowest BCUT2D eigenvalue weighted by atomic mass is 10.1. The van der Waals surface area contributed by atoms with Crippen LogP contribution in [0.25, 0.3) is 0 Å². The van der Waals surface area contributed by atoms with Gasteiger partial charge in [-0.2, -0.15) is 0 Å². The van der Waals surface area contributed by atoms with Crippen molar-refractivity contribution in [2.75, 3.05) is 4.90 Å². The predicted octanol–water partition coefficient (Wildman–Crippen LogP) is 3.56. The molecule has 1 saturated carbocycles. The third kappa shape index (κ3) is 2.77. The SMILES string of the molecule is NCc1cc(Cl)ccc1N(Cc1ccco1)C1CC1. The van der Waals surface area contributed by atoms with Crippen LogP contribution < -0.4 is 10.6 Å². The molecule has 2 aromatic rings. The van der Waals surface area contributed by atoms with Crippen LogP contribution >= 0.6 is 11.6 Å². The van der Waals surface area contributed by atoms with Crippen LogP contribution in [0.4, 0.5) is 5.69 Å². The van der Waals surface area contributed by atoms with Crippen LogP contribution in [0.2, 0.25) is 5.02 Å². The van der Waals surface area contributed by atoms with Crippen LogP contribution in [0.5, 0.6) is 0 Å². The van der Waals surface area contributed by atoms with Crippen molar-refractivity contribution in [1.82, 2.24) is 0 Å². The standard InChI is InChI=1S/C15H17ClN2O/c16-12-3-6-15(11(8-12)9-17)18(13-4-5-13)10-14-2-1-7-19-14/h1-3,6-8,13H,4-5,9-10,17H2. The van der Waals surface area contributed by atoms with Gasteiger partial charge in [-0.25, -0.2) is 0 Å². The lowest BCUT2D eigenvalue weighted by molar-refractivity contribution is 0.501. The number of nitrogens with zero attached hydrogens (tertiary/aromatic N) is 1. The first-order valence-corrected chi connectivity index (χ1v) is 6.93. The van der Waals surface area contributed by atoms with Gasteiger partial charge >= 0.3 is 0 Å². The summed E-state index contributed by atoms with van der Waals surface area (Å²) in [4.78, 5) is 2.37. The second-order valence-electron chi connectivity index (χ2n) is 4.92. The molecular weight excluding hydrogens is 260 g/mol. The monoisotopic (exact) mass is 276 g/mol. The second-order valence-corrected chi connectivity index (χ2v) is 5.35. The normalized spacial score (nSPS) is 14.6. The molecule has 0 bridgehead atoms. The zero-order valence-electron chi connectivity index (χ0n) is 10.7. The third-order valence-corrected chi connectivity index (χ3v) is 3.70. The summed E-state index contributed by atoms with van der Waals surface area (Å²) in [6.07, 6.45) is 4.17. The highest BCUT2D eigenvalue weighted by molar-refractivity contribution is 6.30. The average molecular weight is 277 g/mol. The van der Waals surface area contributed by atoms with Crippen molar-refractivity contribution in [1.29, 1.82) is 0 Å². The van der Waals surface area contributed by atoms with E-state index in [-0.39, 0.29) is 0 Å². The summed E-state index contributed by atoms with van der Waals surface area (Å²) >= 11 is 6.05. The Kier molecular flexibility index (Phi) is 3.49. The Bertz CT molecular complexity index is 549. The largest absolute Gasteiger partial charge is 0.467 e. The summed E-state index contributed by atoms with van der Waals surface area (Å²) in [5, 5.41) is 0.734. The molecule has 3 nitrogen and oxygen atoms in total. The van der Waals surface area contributed by atoms with E-state index in [4.69, 9.17) is 21.8 Å². The highest BCUT2D eigenvalue weighted by Crippen LogP contribution is 2.35. The highest BCUT2D eigenvalue weighted by atomic mass is 35.5. The van der Waals surface area contributed by atoms with Gasteiger partial charge in [-0.3, -0.25) is 0 Å². The van der Waals surface area contributed by atoms with Crippen molar-refractivity contribution in [2.45, 2.75) is 32.0 Å². The fraction of sp³-hybridized carbons (Fsp3) is 0.333. The predicted molar refractivity (Wildman–Crippen MR) is 77.3 cm³/mol. The van der Waals surface area contributed by atoms with E-state index in [1.54, 1.807) is 6.26 Å². The van der Waals surface area contributed by atoms with Gasteiger partial charge in [0.05, 0.1) is 12.8 Å². The second kappa shape index (κ2) is 5.27. The number of hydrogen-bond donors (Lipinski definition) is 1. The fourth-order valence-electron chi connectivity index (χ4n) is 2.37. The number of furan rings is 1. The Hall–Kier alpha value is -1.45. The Labute approximate surface area is 118 Å². The van der Waals surface area contributed by atoms with Crippen LogP contribution in [0.15, 0.2) is 41.0 Å². The number of hydrogen-bond acceptors (Lipinski definition) is 3. The third-order valence-electron chi connectivity index (χ3n) is 3.46. The molecule has 0 radical (unpaired) electrons. The van der Waals surface area contributed by atoms with Gasteiger partial charge in [-0.15, -0.1) is 0 Å². The van der Waals surface area contributed by atoms with E-state index in [9.17, 15) is 0 Å². The van der Waals surface area contributed by atoms with Crippen molar-refractivity contribution < 1.29 is 4.42 Å². The molecule has 0 atom stereocenters. The lowest BCUT2D eigenvalue weighted by Gasteiger charge is -2.26. The topological polar surface area (TPSA) is 42.4 Å². The molecule has 1 aliphatic carbocycles. The van der Waals surface area contributed by atoms with Gasteiger partial charge in [-0.05, 0) is 48.7 Å². The fourth-order valence-corrected chi connectivity index (χ4v) is 2.56. The summed E-state index contributed by atoms with van der Waals surface area (Å²) in [5.74, 6) is 0.977. The molecule has 1 aromatic carbocycles. The molecule has 2 N–H and O–H groups in total. The van der Waals surface area contributed by atoms with E-state index in [1.807, 2.05) is 24.3 Å². The van der Waals surface area contributed by atoms with Crippen molar-refractivity contribution in [3.05, 3.63) is 52.9 Å². The summed E-state index contributed by atoms with van der Waals surface area (Å²) in [6.45, 7) is 1.28. The molecule has 0 spiro atoms.